The van der Waals surface area contributed by atoms with Gasteiger partial charge in [0, 0.05) is 30.3 Å². The van der Waals surface area contributed by atoms with Crippen molar-refractivity contribution in [2.75, 3.05) is 13.2 Å². The Bertz CT molecular complexity index is 474. The number of aliphatic hydroxyl groups excluding tert-OH is 1. The summed E-state index contributed by atoms with van der Waals surface area (Å²) in [5.74, 6) is -0.370. The number of carbonyl (C=O) groups is 2. The van der Waals surface area contributed by atoms with Crippen molar-refractivity contribution in [2.24, 2.45) is 0 Å². The zero-order valence-electron chi connectivity index (χ0n) is 12.7. The lowest BCUT2D eigenvalue weighted by atomic mass is 10.1. The third-order valence-electron chi connectivity index (χ3n) is 3.10. The number of carbonyl (C=O) groups excluding carboxylic acids is 2. The van der Waals surface area contributed by atoms with Gasteiger partial charge in [0.05, 0.1) is 0 Å². The summed E-state index contributed by atoms with van der Waals surface area (Å²) in [7, 11) is 0. The minimum atomic E-state index is -0.203. The maximum absolute atomic E-state index is 12.1. The lowest BCUT2D eigenvalue weighted by molar-refractivity contribution is 0.0936. The standard InChI is InChI=1S/C16H24N2O3/c1-3-9-17-15(20)13-7-4-8-14(11-13)16(21)18-12(2)6-5-10-19/h4,7-8,11-12,19H,3,5-6,9-10H2,1-2H3,(H,17,20)(H,18,21). The number of benzene rings is 1. The number of hydrogen-bond donors (Lipinski definition) is 3. The van der Waals surface area contributed by atoms with Gasteiger partial charge in [-0.3, -0.25) is 9.59 Å². The molecule has 0 aliphatic rings. The molecule has 0 radical (unpaired) electrons. The molecule has 3 N–H and O–H groups in total. The van der Waals surface area contributed by atoms with E-state index >= 15 is 0 Å². The summed E-state index contributed by atoms with van der Waals surface area (Å²) in [4.78, 5) is 24.0. The fourth-order valence-corrected chi connectivity index (χ4v) is 1.92. The van der Waals surface area contributed by atoms with Gasteiger partial charge in [0.2, 0.25) is 0 Å². The van der Waals surface area contributed by atoms with E-state index in [2.05, 4.69) is 10.6 Å². The molecule has 0 heterocycles. The highest BCUT2D eigenvalue weighted by Crippen LogP contribution is 2.07. The minimum Gasteiger partial charge on any atom is -0.396 e. The molecular formula is C16H24N2O3. The topological polar surface area (TPSA) is 78.4 Å². The van der Waals surface area contributed by atoms with E-state index in [9.17, 15) is 9.59 Å². The van der Waals surface area contributed by atoms with Crippen molar-refractivity contribution in [1.29, 1.82) is 0 Å². The third kappa shape index (κ3) is 5.95. The fraction of sp³-hybridized carbons (Fsp3) is 0.500. The molecule has 116 valence electrons. The van der Waals surface area contributed by atoms with Gasteiger partial charge in [0.15, 0.2) is 0 Å². The van der Waals surface area contributed by atoms with Gasteiger partial charge in [0.25, 0.3) is 11.8 Å². The molecule has 0 spiro atoms. The molecule has 21 heavy (non-hydrogen) atoms. The van der Waals surface area contributed by atoms with Crippen molar-refractivity contribution in [1.82, 2.24) is 10.6 Å². The van der Waals surface area contributed by atoms with Gasteiger partial charge < -0.3 is 15.7 Å². The number of aliphatic hydroxyl groups is 1. The lowest BCUT2D eigenvalue weighted by Crippen LogP contribution is -2.33. The molecule has 0 saturated carbocycles. The van der Waals surface area contributed by atoms with Crippen molar-refractivity contribution < 1.29 is 14.7 Å². The lowest BCUT2D eigenvalue weighted by Gasteiger charge is -2.13. The van der Waals surface area contributed by atoms with Gasteiger partial charge in [-0.1, -0.05) is 13.0 Å². The first-order chi connectivity index (χ1) is 10.1. The maximum Gasteiger partial charge on any atom is 0.251 e. The van der Waals surface area contributed by atoms with E-state index in [1.165, 1.54) is 0 Å². The molecule has 0 saturated heterocycles. The van der Waals surface area contributed by atoms with Crippen LogP contribution < -0.4 is 10.6 Å². The predicted octanol–water partition coefficient (Wildman–Crippen LogP) is 1.72. The molecule has 0 aromatic heterocycles. The Hall–Kier alpha value is -1.88. The molecule has 1 aromatic carbocycles. The summed E-state index contributed by atoms with van der Waals surface area (Å²) in [6.45, 7) is 4.62. The SMILES string of the molecule is CCCNC(=O)c1cccc(C(=O)NC(C)CCCO)c1. The van der Waals surface area contributed by atoms with Crippen molar-refractivity contribution >= 4 is 11.8 Å². The number of nitrogens with one attached hydrogen (secondary N) is 2. The second-order valence-electron chi connectivity index (χ2n) is 5.08. The van der Waals surface area contributed by atoms with Crippen molar-refractivity contribution in [3.63, 3.8) is 0 Å². The summed E-state index contributed by atoms with van der Waals surface area (Å²) >= 11 is 0. The third-order valence-corrected chi connectivity index (χ3v) is 3.10. The largest absolute Gasteiger partial charge is 0.396 e. The van der Waals surface area contributed by atoms with E-state index in [-0.39, 0.29) is 24.5 Å². The summed E-state index contributed by atoms with van der Waals surface area (Å²) in [5, 5.41) is 14.4. The van der Waals surface area contributed by atoms with Crippen LogP contribution in [0, 0.1) is 0 Å². The molecular weight excluding hydrogens is 268 g/mol. The van der Waals surface area contributed by atoms with Crippen molar-refractivity contribution in [2.45, 2.75) is 39.2 Å². The second-order valence-corrected chi connectivity index (χ2v) is 5.08. The van der Waals surface area contributed by atoms with Crippen LogP contribution in [0.4, 0.5) is 0 Å². The molecule has 5 nitrogen and oxygen atoms in total. The van der Waals surface area contributed by atoms with E-state index in [1.54, 1.807) is 24.3 Å². The Morgan fingerprint density at radius 1 is 1.24 bits per heavy atom. The molecule has 0 aliphatic heterocycles. The Balaban J connectivity index is 2.66. The normalized spacial score (nSPS) is 11.8. The molecule has 5 heteroatoms. The average molecular weight is 292 g/mol. The summed E-state index contributed by atoms with van der Waals surface area (Å²) in [6, 6.07) is 6.66. The molecule has 1 aromatic rings. The molecule has 0 aliphatic carbocycles. The summed E-state index contributed by atoms with van der Waals surface area (Å²) in [5.41, 5.74) is 0.953. The van der Waals surface area contributed by atoms with Gasteiger partial charge in [-0.05, 0) is 44.4 Å². The van der Waals surface area contributed by atoms with E-state index in [1.807, 2.05) is 13.8 Å². The number of rotatable bonds is 8. The van der Waals surface area contributed by atoms with Gasteiger partial charge in [-0.2, -0.15) is 0 Å². The van der Waals surface area contributed by atoms with Crippen LogP contribution in [0.1, 0.15) is 53.8 Å². The first kappa shape index (κ1) is 17.2. The molecule has 2 amide bonds. The molecule has 1 unspecified atom stereocenters. The van der Waals surface area contributed by atoms with E-state index < -0.39 is 0 Å². The molecule has 1 atom stereocenters. The van der Waals surface area contributed by atoms with Crippen molar-refractivity contribution in [3.8, 4) is 0 Å². The van der Waals surface area contributed by atoms with Gasteiger partial charge in [-0.25, -0.2) is 0 Å². The fourth-order valence-electron chi connectivity index (χ4n) is 1.92. The van der Waals surface area contributed by atoms with Crippen LogP contribution in [-0.4, -0.2) is 36.1 Å². The zero-order valence-corrected chi connectivity index (χ0v) is 12.7. The Morgan fingerprint density at radius 3 is 2.52 bits per heavy atom. The first-order valence-electron chi connectivity index (χ1n) is 7.38. The van der Waals surface area contributed by atoms with Crippen LogP contribution in [0.25, 0.3) is 0 Å². The number of amides is 2. The summed E-state index contributed by atoms with van der Waals surface area (Å²) in [6.07, 6.45) is 2.24. The smallest absolute Gasteiger partial charge is 0.251 e. The van der Waals surface area contributed by atoms with E-state index in [4.69, 9.17) is 5.11 Å². The van der Waals surface area contributed by atoms with Crippen LogP contribution in [0.5, 0.6) is 0 Å². The maximum atomic E-state index is 12.1. The average Bonchev–Trinajstić information content (AvgIpc) is 2.50. The highest BCUT2D eigenvalue weighted by Gasteiger charge is 2.12. The quantitative estimate of drug-likeness (QED) is 0.682. The molecule has 1 rings (SSSR count). The predicted molar refractivity (Wildman–Crippen MR) is 82.3 cm³/mol. The van der Waals surface area contributed by atoms with Crippen LogP contribution in [-0.2, 0) is 0 Å². The van der Waals surface area contributed by atoms with Crippen LogP contribution in [0.2, 0.25) is 0 Å². The Labute approximate surface area is 125 Å². The summed E-state index contributed by atoms with van der Waals surface area (Å²) < 4.78 is 0. The number of hydrogen-bond acceptors (Lipinski definition) is 3. The van der Waals surface area contributed by atoms with Gasteiger partial charge in [0.1, 0.15) is 0 Å². The monoisotopic (exact) mass is 292 g/mol. The van der Waals surface area contributed by atoms with Gasteiger partial charge >= 0.3 is 0 Å². The van der Waals surface area contributed by atoms with Crippen LogP contribution >= 0.6 is 0 Å². The Kier molecular flexibility index (Phi) is 7.46. The van der Waals surface area contributed by atoms with Gasteiger partial charge in [-0.15, -0.1) is 0 Å². The molecule has 0 bridgehead atoms. The van der Waals surface area contributed by atoms with E-state index in [0.29, 0.717) is 24.1 Å². The minimum absolute atomic E-state index is 0.0118. The molecule has 0 fully saturated rings. The van der Waals surface area contributed by atoms with Crippen LogP contribution in [0.3, 0.4) is 0 Å². The zero-order chi connectivity index (χ0) is 15.7. The second kappa shape index (κ2) is 9.13. The first-order valence-corrected chi connectivity index (χ1v) is 7.38. The van der Waals surface area contributed by atoms with E-state index in [0.717, 1.165) is 12.8 Å². The highest BCUT2D eigenvalue weighted by atomic mass is 16.3. The highest BCUT2D eigenvalue weighted by molar-refractivity contribution is 5.99. The van der Waals surface area contributed by atoms with Crippen LogP contribution in [0.15, 0.2) is 24.3 Å². The van der Waals surface area contributed by atoms with Crippen molar-refractivity contribution in [3.05, 3.63) is 35.4 Å². The Morgan fingerprint density at radius 2 is 1.90 bits per heavy atom.